The molecule has 0 bridgehead atoms. The number of nitrogens with zero attached hydrogens (tertiary/aromatic N) is 1. The van der Waals surface area contributed by atoms with Gasteiger partial charge in [-0.05, 0) is 0 Å². The Bertz CT molecular complexity index is 143. The first-order valence-electron chi connectivity index (χ1n) is 2.20. The van der Waals surface area contributed by atoms with E-state index in [-0.39, 0.29) is 21.1 Å². The summed E-state index contributed by atoms with van der Waals surface area (Å²) < 4.78 is 0. The second kappa shape index (κ2) is 3.03. The Balaban J connectivity index is 0.000000490. The van der Waals surface area contributed by atoms with Crippen LogP contribution in [0.5, 0.6) is 0 Å². The zero-order valence-electron chi connectivity index (χ0n) is 4.86. The predicted octanol–water partition coefficient (Wildman–Crippen LogP) is 0.824. The van der Waals surface area contributed by atoms with E-state index in [0.717, 1.165) is 11.3 Å². The number of aromatic nitrogens is 2. The van der Waals surface area contributed by atoms with Crippen molar-refractivity contribution in [2.24, 2.45) is 0 Å². The van der Waals surface area contributed by atoms with Crippen LogP contribution in [-0.4, -0.2) is 10.2 Å². The van der Waals surface area contributed by atoms with Gasteiger partial charge in [0, 0.05) is 21.1 Å². The minimum Gasteiger partial charge on any atom is -0.390 e. The number of hydrogen-bond acceptors (Lipinski definition) is 1. The maximum atomic E-state index is 3.84. The van der Waals surface area contributed by atoms with E-state index in [9.17, 15) is 0 Å². The Morgan fingerprint density at radius 3 is 2.25 bits per heavy atom. The van der Waals surface area contributed by atoms with Gasteiger partial charge in [0.25, 0.3) is 0 Å². The molecule has 0 amide bonds. The van der Waals surface area contributed by atoms with E-state index in [1.807, 2.05) is 13.8 Å². The third-order valence-corrected chi connectivity index (χ3v) is 1.01. The summed E-state index contributed by atoms with van der Waals surface area (Å²) in [4.78, 5) is 0. The predicted molar refractivity (Wildman–Crippen MR) is 26.9 cm³/mol. The standard InChI is InChI=1S/C5H7N2.W/c1-4-3-6-7-5(4)2;/h1-2H3,(H,6,7);/q-1;. The molecule has 0 saturated heterocycles. The van der Waals surface area contributed by atoms with Crippen LogP contribution >= 0.6 is 0 Å². The van der Waals surface area contributed by atoms with Crippen molar-refractivity contribution < 1.29 is 21.1 Å². The molecule has 0 spiro atoms. The number of aromatic amines is 1. The summed E-state index contributed by atoms with van der Waals surface area (Å²) in [6.45, 7) is 3.92. The zero-order chi connectivity index (χ0) is 5.28. The van der Waals surface area contributed by atoms with Crippen LogP contribution in [0.2, 0.25) is 0 Å². The van der Waals surface area contributed by atoms with Crippen molar-refractivity contribution in [2.75, 3.05) is 0 Å². The van der Waals surface area contributed by atoms with E-state index in [0.29, 0.717) is 0 Å². The van der Waals surface area contributed by atoms with Crippen LogP contribution < -0.4 is 0 Å². The second-order valence-electron chi connectivity index (χ2n) is 1.56. The third kappa shape index (κ3) is 1.44. The van der Waals surface area contributed by atoms with Crippen LogP contribution in [0.3, 0.4) is 0 Å². The van der Waals surface area contributed by atoms with Gasteiger partial charge in [-0.25, -0.2) is 0 Å². The van der Waals surface area contributed by atoms with Crippen LogP contribution in [0.4, 0.5) is 0 Å². The zero-order valence-corrected chi connectivity index (χ0v) is 7.79. The van der Waals surface area contributed by atoms with Gasteiger partial charge >= 0.3 is 0 Å². The van der Waals surface area contributed by atoms with E-state index in [1.54, 1.807) is 0 Å². The van der Waals surface area contributed by atoms with Crippen LogP contribution in [0.1, 0.15) is 11.3 Å². The van der Waals surface area contributed by atoms with Gasteiger partial charge in [0.15, 0.2) is 0 Å². The van der Waals surface area contributed by atoms with E-state index in [4.69, 9.17) is 0 Å². The summed E-state index contributed by atoms with van der Waals surface area (Å²) in [5.41, 5.74) is 2.12. The van der Waals surface area contributed by atoms with Crippen LogP contribution in [-0.2, 0) is 21.1 Å². The summed E-state index contributed by atoms with van der Waals surface area (Å²) in [5, 5.41) is 6.46. The summed E-state index contributed by atoms with van der Waals surface area (Å²) in [6, 6.07) is 0. The molecule has 0 radical (unpaired) electrons. The largest absolute Gasteiger partial charge is 0.390 e. The van der Waals surface area contributed by atoms with Gasteiger partial charge in [0.1, 0.15) is 0 Å². The van der Waals surface area contributed by atoms with Crippen molar-refractivity contribution in [3.63, 3.8) is 0 Å². The molecule has 1 heterocycles. The molecule has 0 aliphatic heterocycles. The first-order valence-corrected chi connectivity index (χ1v) is 2.20. The Kier molecular flexibility index (Phi) is 2.99. The van der Waals surface area contributed by atoms with E-state index in [1.165, 1.54) is 0 Å². The van der Waals surface area contributed by atoms with Gasteiger partial charge in [0.05, 0.1) is 0 Å². The van der Waals surface area contributed by atoms with Crippen LogP contribution in [0.25, 0.3) is 0 Å². The molecule has 1 aromatic rings. The second-order valence-corrected chi connectivity index (χ2v) is 1.56. The summed E-state index contributed by atoms with van der Waals surface area (Å²) >= 11 is 0. The summed E-state index contributed by atoms with van der Waals surface area (Å²) in [5.74, 6) is 0. The number of H-pyrrole nitrogens is 1. The summed E-state index contributed by atoms with van der Waals surface area (Å²) in [7, 11) is 0. The third-order valence-electron chi connectivity index (χ3n) is 1.01. The topological polar surface area (TPSA) is 28.7 Å². The van der Waals surface area contributed by atoms with Crippen molar-refractivity contribution in [2.45, 2.75) is 13.8 Å². The molecule has 0 fully saturated rings. The SMILES string of the molecule is Cc1[c-][nH]nc1C.[W]. The molecule has 0 atom stereocenters. The van der Waals surface area contributed by atoms with Crippen molar-refractivity contribution in [1.82, 2.24) is 10.2 Å². The monoisotopic (exact) mass is 279 g/mol. The molecule has 0 aromatic carbocycles. The van der Waals surface area contributed by atoms with Gasteiger partial charge in [-0.2, -0.15) is 5.56 Å². The fourth-order valence-electron chi connectivity index (χ4n) is 0.370. The molecular weight excluding hydrogens is 272 g/mol. The molecule has 1 aromatic heterocycles. The average Bonchev–Trinajstić information content (AvgIpc) is 1.91. The Morgan fingerprint density at radius 1 is 1.50 bits per heavy atom. The molecule has 0 aliphatic carbocycles. The maximum Gasteiger partial charge on any atom is 0 e. The van der Waals surface area contributed by atoms with Crippen molar-refractivity contribution in [3.8, 4) is 0 Å². The molecule has 0 saturated carbocycles. The van der Waals surface area contributed by atoms with E-state index in [2.05, 4.69) is 16.4 Å². The number of rotatable bonds is 0. The molecule has 1 rings (SSSR count). The molecule has 44 valence electrons. The van der Waals surface area contributed by atoms with Crippen molar-refractivity contribution in [1.29, 1.82) is 0 Å². The Labute approximate surface area is 62.9 Å². The van der Waals surface area contributed by atoms with Crippen LogP contribution in [0, 0.1) is 20.0 Å². The summed E-state index contributed by atoms with van der Waals surface area (Å²) in [6.07, 6.45) is 2.83. The molecule has 2 nitrogen and oxygen atoms in total. The van der Waals surface area contributed by atoms with Gasteiger partial charge in [-0.3, -0.25) is 5.10 Å². The van der Waals surface area contributed by atoms with Gasteiger partial charge in [-0.15, -0.1) is 6.20 Å². The smallest absolute Gasteiger partial charge is 0 e. The molecular formula is C5H7N2W-. The Morgan fingerprint density at radius 2 is 2.12 bits per heavy atom. The van der Waals surface area contributed by atoms with Crippen LogP contribution in [0.15, 0.2) is 0 Å². The average molecular weight is 279 g/mol. The van der Waals surface area contributed by atoms with E-state index >= 15 is 0 Å². The van der Waals surface area contributed by atoms with Gasteiger partial charge < -0.3 is 5.10 Å². The fraction of sp³-hybridized carbons (Fsp3) is 0.400. The number of hydrogen-bond donors (Lipinski definition) is 1. The molecule has 0 aliphatic rings. The number of aryl methyl sites for hydroxylation is 2. The van der Waals surface area contributed by atoms with Gasteiger partial charge in [-0.1, -0.05) is 19.5 Å². The van der Waals surface area contributed by atoms with Crippen molar-refractivity contribution in [3.05, 3.63) is 17.5 Å². The molecule has 3 heteroatoms. The first-order chi connectivity index (χ1) is 3.30. The van der Waals surface area contributed by atoms with Gasteiger partial charge in [0.2, 0.25) is 0 Å². The Hall–Kier alpha value is -0.102. The molecule has 1 N–H and O–H groups in total. The number of nitrogens with one attached hydrogen (secondary N) is 1. The molecule has 0 unspecified atom stereocenters. The van der Waals surface area contributed by atoms with Crippen molar-refractivity contribution >= 4 is 0 Å². The fourth-order valence-corrected chi connectivity index (χ4v) is 0.370. The minimum atomic E-state index is 0. The minimum absolute atomic E-state index is 0. The molecule has 8 heavy (non-hydrogen) atoms. The first kappa shape index (κ1) is 7.90. The quantitative estimate of drug-likeness (QED) is 0.700. The van der Waals surface area contributed by atoms with E-state index < -0.39 is 0 Å². The maximum absolute atomic E-state index is 3.84. The normalized spacial score (nSPS) is 8.25.